The molecule has 0 bridgehead atoms. The van der Waals surface area contributed by atoms with Crippen LogP contribution in [-0.4, -0.2) is 43.6 Å². The van der Waals surface area contributed by atoms with Gasteiger partial charge in [0.25, 0.3) is 11.8 Å². The number of nitrogens with one attached hydrogen (secondary N) is 2. The number of carbonyl (C=O) groups is 2. The molecule has 1 aliphatic heterocycles. The van der Waals surface area contributed by atoms with Crippen molar-refractivity contribution >= 4 is 40.6 Å². The number of carbonyl (C=O) groups excluding carboxylic acids is 2. The molecule has 0 aliphatic carbocycles. The summed E-state index contributed by atoms with van der Waals surface area (Å²) in [4.78, 5) is 25.6. The zero-order chi connectivity index (χ0) is 25.5. The van der Waals surface area contributed by atoms with E-state index < -0.39 is 17.9 Å². The Hall–Kier alpha value is -3.02. The number of fused-ring (bicyclic) bond motifs is 1. The van der Waals surface area contributed by atoms with Crippen LogP contribution in [0.5, 0.6) is 23.0 Å². The fraction of sp³-hybridized carbons (Fsp3) is 0.400. The second-order valence-corrected chi connectivity index (χ2v) is 9.59. The zero-order valence-electron chi connectivity index (χ0n) is 20.4. The normalized spacial score (nSPS) is 13.3. The Morgan fingerprint density at radius 1 is 1.14 bits per heavy atom. The number of benzene rings is 2. The first-order valence-corrected chi connectivity index (χ1v) is 12.4. The van der Waals surface area contributed by atoms with E-state index in [0.717, 1.165) is 9.13 Å². The lowest BCUT2D eigenvalue weighted by molar-refractivity contribution is -0.123. The topological polar surface area (TPSA) is 107 Å². The molecule has 0 saturated heterocycles. The van der Waals surface area contributed by atoms with Gasteiger partial charge in [-0.25, -0.2) is 5.43 Å². The van der Waals surface area contributed by atoms with E-state index >= 15 is 0 Å². The minimum absolute atomic E-state index is 0.00219. The number of hydrogen-bond acceptors (Lipinski definition) is 7. The van der Waals surface area contributed by atoms with Crippen LogP contribution in [0.2, 0.25) is 0 Å². The molecule has 2 aromatic rings. The van der Waals surface area contributed by atoms with Crippen molar-refractivity contribution in [3.63, 3.8) is 0 Å². The first-order chi connectivity index (χ1) is 16.7. The first-order valence-electron chi connectivity index (χ1n) is 11.4. The number of hydrazone groups is 1. The summed E-state index contributed by atoms with van der Waals surface area (Å²) in [7, 11) is 0. The van der Waals surface area contributed by atoms with Crippen molar-refractivity contribution in [2.45, 2.75) is 46.8 Å². The Morgan fingerprint density at radius 3 is 2.57 bits per heavy atom. The number of halogens is 1. The van der Waals surface area contributed by atoms with Crippen LogP contribution in [0.3, 0.4) is 0 Å². The molecule has 35 heavy (non-hydrogen) atoms. The third-order valence-electron chi connectivity index (χ3n) is 4.94. The molecule has 2 amide bonds. The summed E-state index contributed by atoms with van der Waals surface area (Å²) in [5, 5.41) is 6.87. The van der Waals surface area contributed by atoms with Gasteiger partial charge in [-0.15, -0.1) is 0 Å². The van der Waals surface area contributed by atoms with Crippen molar-refractivity contribution in [3.05, 3.63) is 45.0 Å². The van der Waals surface area contributed by atoms with Crippen LogP contribution in [0.4, 0.5) is 0 Å². The van der Waals surface area contributed by atoms with Gasteiger partial charge in [-0.2, -0.15) is 5.10 Å². The summed E-state index contributed by atoms with van der Waals surface area (Å²) in [6.07, 6.45) is 1.53. The molecule has 1 atom stereocenters. The largest absolute Gasteiger partial charge is 0.490 e. The van der Waals surface area contributed by atoms with Gasteiger partial charge in [-0.1, -0.05) is 13.8 Å². The van der Waals surface area contributed by atoms with Gasteiger partial charge in [0.2, 0.25) is 6.79 Å². The summed E-state index contributed by atoms with van der Waals surface area (Å²) in [6, 6.07) is 7.79. The highest BCUT2D eigenvalue weighted by molar-refractivity contribution is 14.1. The molecule has 1 unspecified atom stereocenters. The minimum Gasteiger partial charge on any atom is -0.490 e. The summed E-state index contributed by atoms with van der Waals surface area (Å²) < 4.78 is 23.1. The maximum Gasteiger partial charge on any atom is 0.262 e. The Labute approximate surface area is 218 Å². The summed E-state index contributed by atoms with van der Waals surface area (Å²) >= 11 is 2.18. The van der Waals surface area contributed by atoms with Gasteiger partial charge in [-0.05, 0) is 85.2 Å². The predicted octanol–water partition coefficient (Wildman–Crippen LogP) is 4.11. The summed E-state index contributed by atoms with van der Waals surface area (Å²) in [5.41, 5.74) is 3.63. The maximum absolute atomic E-state index is 12.8. The van der Waals surface area contributed by atoms with Crippen molar-refractivity contribution in [1.82, 2.24) is 10.7 Å². The van der Waals surface area contributed by atoms with Gasteiger partial charge in [-0.3, -0.25) is 9.59 Å². The molecule has 0 aromatic heterocycles. The fourth-order valence-electron chi connectivity index (χ4n) is 3.31. The minimum atomic E-state index is -0.786. The molecule has 1 aliphatic rings. The quantitative estimate of drug-likeness (QED) is 0.243. The second kappa shape index (κ2) is 12.1. The number of ether oxygens (including phenoxy) is 4. The Bertz CT molecular complexity index is 1100. The molecule has 0 saturated carbocycles. The second-order valence-electron chi connectivity index (χ2n) is 8.43. The summed E-state index contributed by atoms with van der Waals surface area (Å²) in [6.45, 7) is 10.1. The highest BCUT2D eigenvalue weighted by Crippen LogP contribution is 2.35. The summed E-state index contributed by atoms with van der Waals surface area (Å²) in [5.74, 6) is 1.38. The number of nitrogens with zero attached hydrogens (tertiary/aromatic N) is 1. The van der Waals surface area contributed by atoms with Gasteiger partial charge in [0.1, 0.15) is 6.04 Å². The SMILES string of the molecule is CCOc1cc(/C=N/NC(=O)C(NC(=O)c2ccc3c(c2)OCO3)C(C)C)cc(I)c1OC(C)C. The Kier molecular flexibility index (Phi) is 9.19. The van der Waals surface area contributed by atoms with Crippen molar-refractivity contribution in [1.29, 1.82) is 0 Å². The van der Waals surface area contributed by atoms with Crippen LogP contribution in [0.15, 0.2) is 35.4 Å². The molecule has 0 fully saturated rings. The molecule has 2 N–H and O–H groups in total. The molecule has 3 rings (SSSR count). The lowest BCUT2D eigenvalue weighted by Crippen LogP contribution is -2.48. The molecule has 188 valence electrons. The van der Waals surface area contributed by atoms with Crippen molar-refractivity contribution in [3.8, 4) is 23.0 Å². The molecule has 0 radical (unpaired) electrons. The van der Waals surface area contributed by atoms with Gasteiger partial charge in [0, 0.05) is 5.56 Å². The fourth-order valence-corrected chi connectivity index (χ4v) is 4.07. The zero-order valence-corrected chi connectivity index (χ0v) is 22.5. The highest BCUT2D eigenvalue weighted by Gasteiger charge is 2.25. The van der Waals surface area contributed by atoms with E-state index in [1.165, 1.54) is 6.21 Å². The van der Waals surface area contributed by atoms with Crippen LogP contribution >= 0.6 is 22.6 Å². The van der Waals surface area contributed by atoms with E-state index in [2.05, 4.69) is 38.4 Å². The lowest BCUT2D eigenvalue weighted by Gasteiger charge is -2.20. The Morgan fingerprint density at radius 2 is 1.89 bits per heavy atom. The molecular weight excluding hydrogens is 565 g/mol. The first kappa shape index (κ1) is 26.6. The predicted molar refractivity (Wildman–Crippen MR) is 140 cm³/mol. The van der Waals surface area contributed by atoms with E-state index in [9.17, 15) is 9.59 Å². The Balaban J connectivity index is 1.68. The third kappa shape index (κ3) is 7.00. The third-order valence-corrected chi connectivity index (χ3v) is 5.75. The monoisotopic (exact) mass is 595 g/mol. The average molecular weight is 595 g/mol. The number of amides is 2. The van der Waals surface area contributed by atoms with E-state index in [1.807, 2.05) is 40.7 Å². The molecule has 9 nitrogen and oxygen atoms in total. The standard InChI is InChI=1S/C25H30IN3O6/c1-6-32-21-10-16(9-18(26)23(21)35-15(4)5)12-27-29-25(31)22(14(2)3)28-24(30)17-7-8-19-20(11-17)34-13-33-19/h7-12,14-15,22H,6,13H2,1-5H3,(H,28,30)(H,29,31)/b27-12+. The van der Waals surface area contributed by atoms with Gasteiger partial charge in [0.05, 0.1) is 22.5 Å². The maximum atomic E-state index is 12.8. The van der Waals surface area contributed by atoms with E-state index in [4.69, 9.17) is 18.9 Å². The smallest absolute Gasteiger partial charge is 0.262 e. The number of rotatable bonds is 10. The molecule has 1 heterocycles. The average Bonchev–Trinajstić information content (AvgIpc) is 3.27. The van der Waals surface area contributed by atoms with Gasteiger partial charge >= 0.3 is 0 Å². The van der Waals surface area contributed by atoms with Crippen molar-refractivity contribution in [2.75, 3.05) is 13.4 Å². The van der Waals surface area contributed by atoms with Gasteiger partial charge < -0.3 is 24.3 Å². The van der Waals surface area contributed by atoms with Crippen molar-refractivity contribution in [2.24, 2.45) is 11.0 Å². The van der Waals surface area contributed by atoms with Crippen LogP contribution in [0, 0.1) is 9.49 Å². The van der Waals surface area contributed by atoms with E-state index in [1.54, 1.807) is 24.3 Å². The molecule has 10 heteroatoms. The lowest BCUT2D eigenvalue weighted by atomic mass is 10.0. The molecular formula is C25H30IN3O6. The van der Waals surface area contributed by atoms with Crippen LogP contribution in [0.25, 0.3) is 0 Å². The van der Waals surface area contributed by atoms with Crippen molar-refractivity contribution < 1.29 is 28.5 Å². The van der Waals surface area contributed by atoms with Crippen LogP contribution in [0.1, 0.15) is 50.5 Å². The van der Waals surface area contributed by atoms with Gasteiger partial charge in [0.15, 0.2) is 23.0 Å². The molecule has 0 spiro atoms. The van der Waals surface area contributed by atoms with Crippen LogP contribution < -0.4 is 29.7 Å². The van der Waals surface area contributed by atoms with E-state index in [0.29, 0.717) is 35.2 Å². The highest BCUT2D eigenvalue weighted by atomic mass is 127. The number of hydrogen-bond donors (Lipinski definition) is 2. The van der Waals surface area contributed by atoms with E-state index in [-0.39, 0.29) is 18.8 Å². The van der Waals surface area contributed by atoms with Crippen LogP contribution in [-0.2, 0) is 4.79 Å². The molecule has 2 aromatic carbocycles.